The number of aryl methyl sites for hydroxylation is 2. The van der Waals surface area contributed by atoms with Gasteiger partial charge in [-0.3, -0.25) is 4.79 Å². The van der Waals surface area contributed by atoms with Gasteiger partial charge < -0.3 is 9.88 Å². The lowest BCUT2D eigenvalue weighted by atomic mass is 10.3. The molecule has 2 aromatic heterocycles. The quantitative estimate of drug-likeness (QED) is 0.873. The Bertz CT molecular complexity index is 491. The van der Waals surface area contributed by atoms with Crippen molar-refractivity contribution in [1.82, 2.24) is 9.55 Å². The van der Waals surface area contributed by atoms with Gasteiger partial charge in [-0.15, -0.1) is 0 Å². The van der Waals surface area contributed by atoms with Crippen molar-refractivity contribution in [2.45, 2.75) is 19.9 Å². The molecule has 0 unspecified atom stereocenters. The molecule has 0 aliphatic heterocycles. The van der Waals surface area contributed by atoms with E-state index in [1.807, 2.05) is 48.1 Å². The molecule has 1 N–H and O–H groups in total. The van der Waals surface area contributed by atoms with Crippen LogP contribution in [0.15, 0.2) is 42.9 Å². The number of amides is 1. The van der Waals surface area contributed by atoms with Crippen molar-refractivity contribution in [1.29, 1.82) is 0 Å². The molecule has 1 amide bonds. The smallest absolute Gasteiger partial charge is 0.227 e. The summed E-state index contributed by atoms with van der Waals surface area (Å²) in [7, 11) is 0. The molecule has 0 radical (unpaired) electrons. The molecule has 4 heteroatoms. The van der Waals surface area contributed by atoms with E-state index in [4.69, 9.17) is 0 Å². The molecular formula is C13H15N3O. The van der Waals surface area contributed by atoms with Crippen LogP contribution in [0.25, 0.3) is 0 Å². The number of carbonyl (C=O) groups is 1. The van der Waals surface area contributed by atoms with Crippen molar-refractivity contribution in [2.75, 3.05) is 5.32 Å². The van der Waals surface area contributed by atoms with Gasteiger partial charge in [-0.25, -0.2) is 4.98 Å². The zero-order valence-corrected chi connectivity index (χ0v) is 9.76. The molecule has 0 saturated heterocycles. The van der Waals surface area contributed by atoms with Crippen LogP contribution in [0.1, 0.15) is 12.0 Å². The standard InChI is InChI=1S/C13H15N3O/c1-11-5-4-7-14-13(11)15-12(17)6-10-16-8-2-3-9-16/h2-5,7-9H,6,10H2,1H3,(H,14,15,17). The molecule has 17 heavy (non-hydrogen) atoms. The number of aromatic nitrogens is 2. The summed E-state index contributed by atoms with van der Waals surface area (Å²) in [4.78, 5) is 15.8. The predicted molar refractivity (Wildman–Crippen MR) is 66.7 cm³/mol. The summed E-state index contributed by atoms with van der Waals surface area (Å²) in [5.74, 6) is 0.630. The minimum atomic E-state index is -0.0134. The third-order valence-corrected chi connectivity index (χ3v) is 2.53. The Balaban J connectivity index is 1.87. The van der Waals surface area contributed by atoms with Crippen LogP contribution >= 0.6 is 0 Å². The second kappa shape index (κ2) is 5.30. The fourth-order valence-electron chi connectivity index (χ4n) is 1.56. The summed E-state index contributed by atoms with van der Waals surface area (Å²) in [5, 5.41) is 2.81. The third kappa shape index (κ3) is 3.17. The number of anilines is 1. The Morgan fingerprint density at radius 2 is 2.12 bits per heavy atom. The van der Waals surface area contributed by atoms with Crippen LogP contribution in [0.3, 0.4) is 0 Å². The van der Waals surface area contributed by atoms with Crippen LogP contribution < -0.4 is 5.32 Å². The summed E-state index contributed by atoms with van der Waals surface area (Å²) in [6, 6.07) is 7.67. The number of nitrogens with one attached hydrogen (secondary N) is 1. The molecule has 4 nitrogen and oxygen atoms in total. The van der Waals surface area contributed by atoms with Gasteiger partial charge >= 0.3 is 0 Å². The highest BCUT2D eigenvalue weighted by atomic mass is 16.1. The number of rotatable bonds is 4. The second-order valence-electron chi connectivity index (χ2n) is 3.89. The van der Waals surface area contributed by atoms with Crippen LogP contribution in [-0.2, 0) is 11.3 Å². The highest BCUT2D eigenvalue weighted by Crippen LogP contribution is 2.09. The molecule has 2 rings (SSSR count). The van der Waals surface area contributed by atoms with E-state index < -0.39 is 0 Å². The number of hydrogen-bond acceptors (Lipinski definition) is 2. The number of nitrogens with zero attached hydrogens (tertiary/aromatic N) is 2. The molecule has 0 atom stereocenters. The van der Waals surface area contributed by atoms with Crippen LogP contribution in [0, 0.1) is 6.92 Å². The van der Waals surface area contributed by atoms with Crippen LogP contribution in [0.2, 0.25) is 0 Å². The van der Waals surface area contributed by atoms with E-state index in [-0.39, 0.29) is 5.91 Å². The third-order valence-electron chi connectivity index (χ3n) is 2.53. The topological polar surface area (TPSA) is 46.9 Å². The summed E-state index contributed by atoms with van der Waals surface area (Å²) in [5.41, 5.74) is 0.974. The minimum absolute atomic E-state index is 0.0134. The Hall–Kier alpha value is -2.10. The Kier molecular flexibility index (Phi) is 3.55. The van der Waals surface area contributed by atoms with E-state index in [9.17, 15) is 4.79 Å². The van der Waals surface area contributed by atoms with E-state index in [0.717, 1.165) is 5.56 Å². The summed E-state index contributed by atoms with van der Waals surface area (Å²) in [6.07, 6.45) is 6.01. The van der Waals surface area contributed by atoms with Gasteiger partial charge in [0, 0.05) is 31.6 Å². The van der Waals surface area contributed by atoms with Crippen LogP contribution in [0.5, 0.6) is 0 Å². The molecule has 0 saturated carbocycles. The van der Waals surface area contributed by atoms with E-state index in [1.165, 1.54) is 0 Å². The van der Waals surface area contributed by atoms with E-state index in [0.29, 0.717) is 18.8 Å². The Morgan fingerprint density at radius 1 is 1.35 bits per heavy atom. The second-order valence-corrected chi connectivity index (χ2v) is 3.89. The zero-order valence-electron chi connectivity index (χ0n) is 9.76. The number of hydrogen-bond donors (Lipinski definition) is 1. The van der Waals surface area contributed by atoms with Gasteiger partial charge in [-0.2, -0.15) is 0 Å². The molecule has 2 aromatic rings. The summed E-state index contributed by atoms with van der Waals surface area (Å²) in [6.45, 7) is 2.61. The average Bonchev–Trinajstić information content (AvgIpc) is 2.82. The van der Waals surface area contributed by atoms with Gasteiger partial charge in [0.2, 0.25) is 5.91 Å². The van der Waals surface area contributed by atoms with Gasteiger partial charge in [0.25, 0.3) is 0 Å². The van der Waals surface area contributed by atoms with Crippen molar-refractivity contribution < 1.29 is 4.79 Å². The monoisotopic (exact) mass is 229 g/mol. The maximum atomic E-state index is 11.7. The molecular weight excluding hydrogens is 214 g/mol. The van der Waals surface area contributed by atoms with Crippen LogP contribution in [0.4, 0.5) is 5.82 Å². The summed E-state index contributed by atoms with van der Waals surface area (Å²) >= 11 is 0. The molecule has 0 aliphatic rings. The normalized spacial score (nSPS) is 10.2. The fourth-order valence-corrected chi connectivity index (χ4v) is 1.56. The van der Waals surface area contributed by atoms with Gasteiger partial charge in [-0.05, 0) is 30.7 Å². The molecule has 2 heterocycles. The highest BCUT2D eigenvalue weighted by molar-refractivity contribution is 5.90. The SMILES string of the molecule is Cc1cccnc1NC(=O)CCn1cccc1. The maximum Gasteiger partial charge on any atom is 0.227 e. The molecule has 0 aliphatic carbocycles. The van der Waals surface area contributed by atoms with Gasteiger partial charge in [0.05, 0.1) is 0 Å². The first-order valence-electron chi connectivity index (χ1n) is 5.58. The molecule has 0 aromatic carbocycles. The first-order chi connectivity index (χ1) is 8.25. The Morgan fingerprint density at radius 3 is 2.82 bits per heavy atom. The van der Waals surface area contributed by atoms with Crippen molar-refractivity contribution in [3.8, 4) is 0 Å². The van der Waals surface area contributed by atoms with Crippen molar-refractivity contribution in [3.05, 3.63) is 48.4 Å². The predicted octanol–water partition coefficient (Wildman–Crippen LogP) is 2.22. The molecule has 0 spiro atoms. The van der Waals surface area contributed by atoms with Gasteiger partial charge in [0.1, 0.15) is 5.82 Å². The summed E-state index contributed by atoms with van der Waals surface area (Å²) < 4.78 is 1.98. The van der Waals surface area contributed by atoms with Crippen molar-refractivity contribution >= 4 is 11.7 Å². The lowest BCUT2D eigenvalue weighted by molar-refractivity contribution is -0.116. The number of pyridine rings is 1. The van der Waals surface area contributed by atoms with Crippen molar-refractivity contribution in [2.24, 2.45) is 0 Å². The lowest BCUT2D eigenvalue weighted by Gasteiger charge is -2.07. The largest absolute Gasteiger partial charge is 0.354 e. The first kappa shape index (κ1) is 11.4. The molecule has 0 bridgehead atoms. The van der Waals surface area contributed by atoms with Crippen molar-refractivity contribution in [3.63, 3.8) is 0 Å². The van der Waals surface area contributed by atoms with Gasteiger partial charge in [0.15, 0.2) is 0 Å². The minimum Gasteiger partial charge on any atom is -0.354 e. The van der Waals surface area contributed by atoms with E-state index in [1.54, 1.807) is 6.20 Å². The fraction of sp³-hybridized carbons (Fsp3) is 0.231. The Labute approximate surface area is 100 Å². The molecule has 88 valence electrons. The first-order valence-corrected chi connectivity index (χ1v) is 5.58. The van der Waals surface area contributed by atoms with Crippen LogP contribution in [-0.4, -0.2) is 15.5 Å². The lowest BCUT2D eigenvalue weighted by Crippen LogP contribution is -2.15. The van der Waals surface area contributed by atoms with E-state index >= 15 is 0 Å². The number of carbonyl (C=O) groups excluding carboxylic acids is 1. The van der Waals surface area contributed by atoms with Gasteiger partial charge in [-0.1, -0.05) is 6.07 Å². The maximum absolute atomic E-state index is 11.7. The molecule has 0 fully saturated rings. The highest BCUT2D eigenvalue weighted by Gasteiger charge is 2.05. The van der Waals surface area contributed by atoms with E-state index in [2.05, 4.69) is 10.3 Å². The average molecular weight is 229 g/mol. The zero-order chi connectivity index (χ0) is 12.1.